The highest BCUT2D eigenvalue weighted by molar-refractivity contribution is 6.04. The van der Waals surface area contributed by atoms with Crippen LogP contribution in [0.4, 0.5) is 19.0 Å². The number of hydrogen-bond acceptors (Lipinski definition) is 3. The van der Waals surface area contributed by atoms with Gasteiger partial charge in [-0.15, -0.1) is 0 Å². The number of aliphatic hydroxyl groups is 1. The van der Waals surface area contributed by atoms with E-state index in [0.29, 0.717) is 37.1 Å². The average molecular weight is 498 g/mol. The van der Waals surface area contributed by atoms with Crippen LogP contribution in [-0.2, 0) is 25.3 Å². The molecule has 8 heteroatoms. The topological polar surface area (TPSA) is 67.2 Å². The third-order valence-electron chi connectivity index (χ3n) is 8.21. The van der Waals surface area contributed by atoms with Gasteiger partial charge in [-0.25, -0.2) is 0 Å². The monoisotopic (exact) mass is 497 g/mol. The molecule has 2 N–H and O–H groups in total. The highest BCUT2D eigenvalue weighted by atomic mass is 19.4. The molecule has 1 saturated carbocycles. The fourth-order valence-electron chi connectivity index (χ4n) is 6.27. The Morgan fingerprint density at radius 1 is 1.17 bits per heavy atom. The number of aryl methyl sites for hydroxylation is 2. The van der Waals surface area contributed by atoms with E-state index >= 15 is 0 Å². The zero-order valence-corrected chi connectivity index (χ0v) is 20.2. The smallest absolute Gasteiger partial charge is 0.380 e. The lowest BCUT2D eigenvalue weighted by Crippen LogP contribution is -2.55. The third-order valence-corrected chi connectivity index (χ3v) is 8.21. The van der Waals surface area contributed by atoms with Crippen LogP contribution in [0.25, 0.3) is 0 Å². The molecule has 0 saturated heterocycles. The van der Waals surface area contributed by atoms with Gasteiger partial charge in [-0.1, -0.05) is 36.4 Å². The number of fused-ring (bicyclic) bond motifs is 3. The number of alkyl halides is 3. The Hall–Kier alpha value is -3.13. The van der Waals surface area contributed by atoms with E-state index in [2.05, 4.69) is 10.4 Å². The number of anilines is 1. The largest absolute Gasteiger partial charge is 0.417 e. The number of aromatic nitrogens is 2. The summed E-state index contributed by atoms with van der Waals surface area (Å²) in [4.78, 5) is 13.0. The van der Waals surface area contributed by atoms with Crippen molar-refractivity contribution in [1.82, 2.24) is 9.78 Å². The van der Waals surface area contributed by atoms with Gasteiger partial charge in [0.15, 0.2) is 5.60 Å². The molecule has 2 aromatic carbocycles. The van der Waals surface area contributed by atoms with Gasteiger partial charge in [-0.05, 0) is 79.7 Å². The molecule has 3 aromatic rings. The van der Waals surface area contributed by atoms with Gasteiger partial charge in [-0.2, -0.15) is 18.3 Å². The van der Waals surface area contributed by atoms with Crippen LogP contribution in [0.15, 0.2) is 60.8 Å². The molecule has 0 unspecified atom stereocenters. The molecule has 1 heterocycles. The van der Waals surface area contributed by atoms with Gasteiger partial charge in [-0.3, -0.25) is 9.48 Å². The summed E-state index contributed by atoms with van der Waals surface area (Å²) < 4.78 is 43.1. The van der Waals surface area contributed by atoms with Crippen molar-refractivity contribution in [2.24, 2.45) is 13.0 Å². The van der Waals surface area contributed by atoms with E-state index in [4.69, 9.17) is 0 Å². The molecule has 0 radical (unpaired) electrons. The van der Waals surface area contributed by atoms with Gasteiger partial charge >= 0.3 is 6.18 Å². The molecule has 1 amide bonds. The summed E-state index contributed by atoms with van der Waals surface area (Å²) in [6.45, 7) is 0. The Bertz CT molecular complexity index is 1260. The Labute approximate surface area is 208 Å². The lowest BCUT2D eigenvalue weighted by molar-refractivity contribution is -0.279. The Balaban J connectivity index is 1.54. The van der Waals surface area contributed by atoms with Gasteiger partial charge in [0.25, 0.3) is 5.91 Å². The van der Waals surface area contributed by atoms with Gasteiger partial charge in [0.2, 0.25) is 0 Å². The molecular weight excluding hydrogens is 467 g/mol. The van der Waals surface area contributed by atoms with E-state index in [1.165, 1.54) is 0 Å². The molecule has 2 aliphatic carbocycles. The van der Waals surface area contributed by atoms with Crippen LogP contribution in [0, 0.1) is 5.92 Å². The van der Waals surface area contributed by atoms with Gasteiger partial charge in [0.05, 0.1) is 6.20 Å². The Morgan fingerprint density at radius 3 is 2.64 bits per heavy atom. The predicted molar refractivity (Wildman–Crippen MR) is 131 cm³/mol. The molecule has 5 nitrogen and oxygen atoms in total. The highest BCUT2D eigenvalue weighted by Crippen LogP contribution is 2.56. The third kappa shape index (κ3) is 4.32. The fourth-order valence-corrected chi connectivity index (χ4v) is 6.27. The summed E-state index contributed by atoms with van der Waals surface area (Å²) in [6.07, 6.45) is -0.880. The summed E-state index contributed by atoms with van der Waals surface area (Å²) in [7, 11) is 1.74. The lowest BCUT2D eigenvalue weighted by Gasteiger charge is -2.50. The zero-order valence-electron chi connectivity index (χ0n) is 20.2. The molecule has 36 heavy (non-hydrogen) atoms. The van der Waals surface area contributed by atoms with Crippen LogP contribution in [0.1, 0.15) is 59.2 Å². The van der Waals surface area contributed by atoms with Crippen molar-refractivity contribution >= 4 is 11.7 Å². The molecule has 0 bridgehead atoms. The second-order valence-corrected chi connectivity index (χ2v) is 10.3. The van der Waals surface area contributed by atoms with E-state index in [1.54, 1.807) is 30.1 Å². The van der Waals surface area contributed by atoms with Crippen molar-refractivity contribution in [3.05, 3.63) is 83.0 Å². The molecule has 5 rings (SSSR count). The van der Waals surface area contributed by atoms with E-state index in [-0.39, 0.29) is 31.1 Å². The van der Waals surface area contributed by atoms with Crippen molar-refractivity contribution in [1.29, 1.82) is 0 Å². The van der Waals surface area contributed by atoms with Gasteiger partial charge < -0.3 is 10.4 Å². The van der Waals surface area contributed by atoms with Crippen molar-refractivity contribution in [3.8, 4) is 0 Å². The first-order chi connectivity index (χ1) is 17.1. The first-order valence-corrected chi connectivity index (χ1v) is 12.4. The average Bonchev–Trinajstić information content (AvgIpc) is 3.17. The van der Waals surface area contributed by atoms with Crippen LogP contribution < -0.4 is 5.32 Å². The van der Waals surface area contributed by atoms with Crippen LogP contribution in [0.5, 0.6) is 0 Å². The van der Waals surface area contributed by atoms with Gasteiger partial charge in [0, 0.05) is 24.1 Å². The molecule has 0 spiro atoms. The van der Waals surface area contributed by atoms with E-state index < -0.39 is 17.2 Å². The number of benzene rings is 2. The number of hydrogen-bond donors (Lipinski definition) is 2. The standard InChI is InChI=1S/C28H30F3N3O2/c1-34-24(12-15-32-34)33-25(35)21-10-11-23-20(16-21)8-5-9-22-18-27(36,28(29,30)31)14-13-26(22,23)17-19-6-3-2-4-7-19/h2-4,6-7,10-12,15-16,22,36H,5,8-9,13-14,17-18H2,1H3,(H,33,35)/t22-,26+,27-/m1/s1. The molecule has 1 aromatic heterocycles. The number of carbonyl (C=O) groups excluding carboxylic acids is 1. The van der Waals surface area contributed by atoms with Crippen molar-refractivity contribution in [2.75, 3.05) is 5.32 Å². The number of amides is 1. The fraction of sp³-hybridized carbons (Fsp3) is 0.429. The van der Waals surface area contributed by atoms with E-state index in [0.717, 1.165) is 16.7 Å². The lowest BCUT2D eigenvalue weighted by atomic mass is 9.56. The second-order valence-electron chi connectivity index (χ2n) is 10.3. The number of rotatable bonds is 4. The summed E-state index contributed by atoms with van der Waals surface area (Å²) in [6, 6.07) is 17.1. The maximum Gasteiger partial charge on any atom is 0.417 e. The first-order valence-electron chi connectivity index (χ1n) is 12.4. The minimum atomic E-state index is -4.66. The highest BCUT2D eigenvalue weighted by Gasteiger charge is 2.60. The predicted octanol–water partition coefficient (Wildman–Crippen LogP) is 5.58. The SMILES string of the molecule is Cn1nccc1NC(=O)c1ccc2c(c1)CCC[C@@H]1C[C@@](O)(C(F)(F)F)CC[C@@]21Cc1ccccc1. The number of halogens is 3. The minimum Gasteiger partial charge on any atom is -0.380 e. The molecule has 3 atom stereocenters. The number of nitrogens with zero attached hydrogens (tertiary/aromatic N) is 2. The maximum absolute atomic E-state index is 13.9. The number of nitrogens with one attached hydrogen (secondary N) is 1. The van der Waals surface area contributed by atoms with Crippen molar-refractivity contribution in [2.45, 2.75) is 62.1 Å². The first kappa shape index (κ1) is 24.6. The summed E-state index contributed by atoms with van der Waals surface area (Å²) in [5.74, 6) is -0.00267. The summed E-state index contributed by atoms with van der Waals surface area (Å²) in [5.41, 5.74) is 0.378. The van der Waals surface area contributed by atoms with Crippen LogP contribution in [0.3, 0.4) is 0 Å². The van der Waals surface area contributed by atoms with Crippen molar-refractivity contribution in [3.63, 3.8) is 0 Å². The Kier molecular flexibility index (Phi) is 6.19. The molecule has 190 valence electrons. The molecule has 2 aliphatic rings. The summed E-state index contributed by atoms with van der Waals surface area (Å²) in [5, 5.41) is 17.6. The second kappa shape index (κ2) is 9.07. The van der Waals surface area contributed by atoms with Crippen LogP contribution >= 0.6 is 0 Å². The van der Waals surface area contributed by atoms with E-state index in [9.17, 15) is 23.1 Å². The number of carbonyl (C=O) groups is 1. The van der Waals surface area contributed by atoms with Gasteiger partial charge in [0.1, 0.15) is 5.82 Å². The van der Waals surface area contributed by atoms with Crippen LogP contribution in [-0.4, -0.2) is 32.6 Å². The molecule has 0 aliphatic heterocycles. The zero-order chi connectivity index (χ0) is 25.6. The normalized spacial score (nSPS) is 26.0. The quantitative estimate of drug-likeness (QED) is 0.494. The Morgan fingerprint density at radius 2 is 1.94 bits per heavy atom. The minimum absolute atomic E-state index is 0.232. The maximum atomic E-state index is 13.9. The molecule has 1 fully saturated rings. The molecular formula is C28H30F3N3O2. The van der Waals surface area contributed by atoms with Crippen molar-refractivity contribution < 1.29 is 23.1 Å². The van der Waals surface area contributed by atoms with E-state index in [1.807, 2.05) is 42.5 Å². The van der Waals surface area contributed by atoms with Crippen LogP contribution in [0.2, 0.25) is 0 Å². The summed E-state index contributed by atoms with van der Waals surface area (Å²) >= 11 is 0.